The molecule has 1 aromatic carbocycles. The summed E-state index contributed by atoms with van der Waals surface area (Å²) in [7, 11) is 0. The number of carbonyl (C=O) groups excluding carboxylic acids is 2. The van der Waals surface area contributed by atoms with Crippen molar-refractivity contribution in [3.05, 3.63) is 47.0 Å². The van der Waals surface area contributed by atoms with Crippen molar-refractivity contribution < 1.29 is 9.59 Å². The zero-order chi connectivity index (χ0) is 13.1. The number of benzene rings is 1. The number of amides is 2. The van der Waals surface area contributed by atoms with Crippen LogP contribution < -0.4 is 0 Å². The van der Waals surface area contributed by atoms with Gasteiger partial charge in [-0.1, -0.05) is 34.1 Å². The molecule has 0 aromatic heterocycles. The normalized spacial score (nSPS) is 17.1. The van der Waals surface area contributed by atoms with E-state index in [1.807, 2.05) is 24.3 Å². The van der Waals surface area contributed by atoms with Gasteiger partial charge in [0.25, 0.3) is 0 Å². The first kappa shape index (κ1) is 13.0. The standard InChI is InChI=1S/C14H14BrNO2/c1-2-7-16-13(17)8-11(9-14(16)18)10-3-5-12(15)6-4-10/h2-6,11H,1,7-9H2. The van der Waals surface area contributed by atoms with Crippen LogP contribution in [0.5, 0.6) is 0 Å². The smallest absolute Gasteiger partial charge is 0.230 e. The molecule has 0 N–H and O–H groups in total. The van der Waals surface area contributed by atoms with Crippen LogP contribution in [0, 0.1) is 0 Å². The molecule has 1 fully saturated rings. The van der Waals surface area contributed by atoms with E-state index in [0.717, 1.165) is 10.0 Å². The van der Waals surface area contributed by atoms with Crippen LogP contribution in [-0.2, 0) is 9.59 Å². The Labute approximate surface area is 115 Å². The number of halogens is 1. The maximum Gasteiger partial charge on any atom is 0.230 e. The van der Waals surface area contributed by atoms with Crippen LogP contribution in [0.25, 0.3) is 0 Å². The van der Waals surface area contributed by atoms with Gasteiger partial charge in [0.05, 0.1) is 0 Å². The highest BCUT2D eigenvalue weighted by Gasteiger charge is 2.32. The van der Waals surface area contributed by atoms with Crippen LogP contribution >= 0.6 is 15.9 Å². The fourth-order valence-corrected chi connectivity index (χ4v) is 2.42. The Kier molecular flexibility index (Phi) is 3.97. The molecule has 94 valence electrons. The van der Waals surface area contributed by atoms with Gasteiger partial charge in [0.15, 0.2) is 0 Å². The Morgan fingerprint density at radius 1 is 1.22 bits per heavy atom. The number of carbonyl (C=O) groups is 2. The molecule has 2 rings (SSSR count). The third-order valence-electron chi connectivity index (χ3n) is 3.10. The van der Waals surface area contributed by atoms with Gasteiger partial charge in [0.1, 0.15) is 0 Å². The SMILES string of the molecule is C=CCN1C(=O)CC(c2ccc(Br)cc2)CC1=O. The van der Waals surface area contributed by atoms with Crippen LogP contribution in [0.2, 0.25) is 0 Å². The van der Waals surface area contributed by atoms with E-state index in [0.29, 0.717) is 19.4 Å². The van der Waals surface area contributed by atoms with Crippen molar-refractivity contribution in [2.45, 2.75) is 18.8 Å². The zero-order valence-corrected chi connectivity index (χ0v) is 11.5. The highest BCUT2D eigenvalue weighted by Crippen LogP contribution is 2.30. The minimum Gasteiger partial charge on any atom is -0.279 e. The predicted molar refractivity (Wildman–Crippen MR) is 73.0 cm³/mol. The number of hydrogen-bond donors (Lipinski definition) is 0. The van der Waals surface area contributed by atoms with Crippen LogP contribution in [0.15, 0.2) is 41.4 Å². The van der Waals surface area contributed by atoms with E-state index in [-0.39, 0.29) is 17.7 Å². The van der Waals surface area contributed by atoms with Gasteiger partial charge in [-0.3, -0.25) is 14.5 Å². The van der Waals surface area contributed by atoms with E-state index >= 15 is 0 Å². The Hall–Kier alpha value is -1.42. The Morgan fingerprint density at radius 3 is 2.28 bits per heavy atom. The average molecular weight is 308 g/mol. The van der Waals surface area contributed by atoms with Gasteiger partial charge in [-0.2, -0.15) is 0 Å². The molecule has 0 bridgehead atoms. The van der Waals surface area contributed by atoms with E-state index in [4.69, 9.17) is 0 Å². The second kappa shape index (κ2) is 5.48. The Morgan fingerprint density at radius 2 is 1.78 bits per heavy atom. The Bertz CT molecular complexity index is 463. The molecule has 0 unspecified atom stereocenters. The van der Waals surface area contributed by atoms with Crippen molar-refractivity contribution in [1.29, 1.82) is 0 Å². The monoisotopic (exact) mass is 307 g/mol. The summed E-state index contributed by atoms with van der Waals surface area (Å²) in [6.45, 7) is 3.87. The van der Waals surface area contributed by atoms with Crippen LogP contribution in [-0.4, -0.2) is 23.3 Å². The predicted octanol–water partition coefficient (Wildman–Crippen LogP) is 2.87. The van der Waals surface area contributed by atoms with Gasteiger partial charge in [-0.15, -0.1) is 6.58 Å². The largest absolute Gasteiger partial charge is 0.279 e. The van der Waals surface area contributed by atoms with Crippen molar-refractivity contribution >= 4 is 27.7 Å². The summed E-state index contributed by atoms with van der Waals surface area (Å²) in [5.41, 5.74) is 1.04. The molecular formula is C14H14BrNO2. The highest BCUT2D eigenvalue weighted by molar-refractivity contribution is 9.10. The van der Waals surface area contributed by atoms with E-state index in [1.54, 1.807) is 6.08 Å². The number of nitrogens with zero attached hydrogens (tertiary/aromatic N) is 1. The van der Waals surface area contributed by atoms with Crippen LogP contribution in [0.4, 0.5) is 0 Å². The molecule has 4 heteroatoms. The molecule has 1 heterocycles. The average Bonchev–Trinajstić information content (AvgIpc) is 2.34. The molecule has 3 nitrogen and oxygen atoms in total. The van der Waals surface area contributed by atoms with Gasteiger partial charge >= 0.3 is 0 Å². The summed E-state index contributed by atoms with van der Waals surface area (Å²) in [5.74, 6) is -0.225. The first-order valence-corrected chi connectivity index (χ1v) is 6.60. The number of imide groups is 1. The molecule has 0 radical (unpaired) electrons. The zero-order valence-electron chi connectivity index (χ0n) is 9.93. The maximum absolute atomic E-state index is 11.9. The molecule has 2 amide bonds. The Balaban J connectivity index is 2.15. The number of hydrogen-bond acceptors (Lipinski definition) is 2. The van der Waals surface area contributed by atoms with Gasteiger partial charge in [-0.05, 0) is 17.7 Å². The molecule has 0 saturated carbocycles. The number of likely N-dealkylation sites (tertiary alicyclic amines) is 1. The summed E-state index contributed by atoms with van der Waals surface area (Å²) in [6.07, 6.45) is 2.36. The fourth-order valence-electron chi connectivity index (χ4n) is 2.16. The van der Waals surface area contributed by atoms with Crippen LogP contribution in [0.3, 0.4) is 0 Å². The molecule has 1 aromatic rings. The van der Waals surface area contributed by atoms with Crippen molar-refractivity contribution in [3.63, 3.8) is 0 Å². The summed E-state index contributed by atoms with van der Waals surface area (Å²) in [5, 5.41) is 0. The summed E-state index contributed by atoms with van der Waals surface area (Å²) in [4.78, 5) is 25.1. The van der Waals surface area contributed by atoms with E-state index in [2.05, 4.69) is 22.5 Å². The first-order chi connectivity index (χ1) is 8.61. The first-order valence-electron chi connectivity index (χ1n) is 5.81. The molecule has 0 atom stereocenters. The minimum absolute atomic E-state index is 0.000773. The lowest BCUT2D eigenvalue weighted by molar-refractivity contribution is -0.147. The molecule has 1 saturated heterocycles. The van der Waals surface area contributed by atoms with Gasteiger partial charge in [-0.25, -0.2) is 0 Å². The molecule has 1 aliphatic heterocycles. The molecule has 1 aliphatic rings. The number of piperidine rings is 1. The second-order valence-corrected chi connectivity index (χ2v) is 5.26. The maximum atomic E-state index is 11.9. The lowest BCUT2D eigenvalue weighted by Crippen LogP contribution is -2.42. The fraction of sp³-hybridized carbons (Fsp3) is 0.286. The van der Waals surface area contributed by atoms with Gasteiger partial charge in [0, 0.05) is 29.8 Å². The van der Waals surface area contributed by atoms with E-state index in [9.17, 15) is 9.59 Å². The van der Waals surface area contributed by atoms with Gasteiger partial charge < -0.3 is 0 Å². The molecule has 0 aliphatic carbocycles. The van der Waals surface area contributed by atoms with Crippen molar-refractivity contribution in [1.82, 2.24) is 4.90 Å². The number of rotatable bonds is 3. The van der Waals surface area contributed by atoms with E-state index in [1.165, 1.54) is 4.90 Å². The minimum atomic E-state index is -0.112. The third kappa shape index (κ3) is 2.70. The van der Waals surface area contributed by atoms with Gasteiger partial charge in [0.2, 0.25) is 11.8 Å². The van der Waals surface area contributed by atoms with E-state index < -0.39 is 0 Å². The lowest BCUT2D eigenvalue weighted by atomic mass is 9.88. The second-order valence-electron chi connectivity index (χ2n) is 4.34. The summed E-state index contributed by atoms with van der Waals surface area (Å²) in [6, 6.07) is 7.78. The van der Waals surface area contributed by atoms with Crippen molar-refractivity contribution in [2.75, 3.05) is 6.54 Å². The molecule has 0 spiro atoms. The molecular weight excluding hydrogens is 294 g/mol. The lowest BCUT2D eigenvalue weighted by Gasteiger charge is -2.29. The van der Waals surface area contributed by atoms with Crippen LogP contribution in [0.1, 0.15) is 24.3 Å². The molecule has 18 heavy (non-hydrogen) atoms. The highest BCUT2D eigenvalue weighted by atomic mass is 79.9. The summed E-state index contributed by atoms with van der Waals surface area (Å²) >= 11 is 3.37. The van der Waals surface area contributed by atoms with Crippen molar-refractivity contribution in [2.24, 2.45) is 0 Å². The summed E-state index contributed by atoms with van der Waals surface area (Å²) < 4.78 is 0.994. The topological polar surface area (TPSA) is 37.4 Å². The quantitative estimate of drug-likeness (QED) is 0.636. The van der Waals surface area contributed by atoms with Crippen molar-refractivity contribution in [3.8, 4) is 0 Å². The third-order valence-corrected chi connectivity index (χ3v) is 3.63.